The number of aliphatic hydroxyl groups is 1. The minimum atomic E-state index is -0.188. The predicted octanol–water partition coefficient (Wildman–Crippen LogP) is 3.12. The van der Waals surface area contributed by atoms with Gasteiger partial charge in [0.25, 0.3) is 0 Å². The second-order valence-corrected chi connectivity index (χ2v) is 5.21. The third-order valence-corrected chi connectivity index (χ3v) is 3.88. The van der Waals surface area contributed by atoms with Crippen LogP contribution in [-0.2, 0) is 0 Å². The molecule has 1 aliphatic carbocycles. The van der Waals surface area contributed by atoms with Crippen LogP contribution < -0.4 is 5.32 Å². The van der Waals surface area contributed by atoms with Crippen molar-refractivity contribution in [2.45, 2.75) is 42.7 Å². The summed E-state index contributed by atoms with van der Waals surface area (Å²) >= 11 is 1.74. The van der Waals surface area contributed by atoms with Crippen molar-refractivity contribution in [1.82, 2.24) is 0 Å². The molecule has 2 atom stereocenters. The molecule has 2 unspecified atom stereocenters. The van der Waals surface area contributed by atoms with Gasteiger partial charge in [0.05, 0.1) is 12.1 Å². The monoisotopic (exact) mass is 237 g/mol. The Balaban J connectivity index is 2.01. The molecule has 2 N–H and O–H groups in total. The van der Waals surface area contributed by atoms with Gasteiger partial charge in [-0.05, 0) is 37.3 Å². The van der Waals surface area contributed by atoms with Gasteiger partial charge in [-0.25, -0.2) is 0 Å². The Morgan fingerprint density at radius 3 is 2.88 bits per heavy atom. The lowest BCUT2D eigenvalue weighted by atomic mass is 9.92. The molecule has 0 aromatic heterocycles. The SMILES string of the molecule is CSc1cccc(NC2CCCCC2O)c1. The zero-order chi connectivity index (χ0) is 11.4. The minimum Gasteiger partial charge on any atom is -0.391 e. The molecule has 16 heavy (non-hydrogen) atoms. The van der Waals surface area contributed by atoms with Crippen molar-refractivity contribution in [3.8, 4) is 0 Å². The number of aliphatic hydroxyl groups excluding tert-OH is 1. The average molecular weight is 237 g/mol. The number of hydrogen-bond donors (Lipinski definition) is 2. The normalized spacial score (nSPS) is 25.4. The molecule has 0 bridgehead atoms. The van der Waals surface area contributed by atoms with Gasteiger partial charge in [-0.1, -0.05) is 18.9 Å². The van der Waals surface area contributed by atoms with Crippen LogP contribution in [0.25, 0.3) is 0 Å². The molecular weight excluding hydrogens is 218 g/mol. The van der Waals surface area contributed by atoms with E-state index in [0.717, 1.165) is 24.9 Å². The van der Waals surface area contributed by atoms with E-state index in [4.69, 9.17) is 0 Å². The van der Waals surface area contributed by atoms with Crippen LogP contribution in [0.3, 0.4) is 0 Å². The summed E-state index contributed by atoms with van der Waals surface area (Å²) in [6.07, 6.45) is 6.27. The first-order chi connectivity index (χ1) is 7.79. The molecule has 1 aromatic rings. The summed E-state index contributed by atoms with van der Waals surface area (Å²) in [5, 5.41) is 13.3. The summed E-state index contributed by atoms with van der Waals surface area (Å²) in [6.45, 7) is 0. The fourth-order valence-corrected chi connectivity index (χ4v) is 2.67. The zero-order valence-corrected chi connectivity index (χ0v) is 10.5. The number of thioether (sulfide) groups is 1. The number of hydrogen-bond acceptors (Lipinski definition) is 3. The van der Waals surface area contributed by atoms with E-state index >= 15 is 0 Å². The minimum absolute atomic E-state index is 0.188. The number of benzene rings is 1. The highest BCUT2D eigenvalue weighted by Gasteiger charge is 2.22. The van der Waals surface area contributed by atoms with E-state index < -0.39 is 0 Å². The van der Waals surface area contributed by atoms with Crippen molar-refractivity contribution in [3.05, 3.63) is 24.3 Å². The first-order valence-electron chi connectivity index (χ1n) is 5.88. The van der Waals surface area contributed by atoms with Crippen molar-refractivity contribution in [2.24, 2.45) is 0 Å². The lowest BCUT2D eigenvalue weighted by Crippen LogP contribution is -2.36. The largest absolute Gasteiger partial charge is 0.391 e. The molecule has 2 nitrogen and oxygen atoms in total. The average Bonchev–Trinajstić information content (AvgIpc) is 2.32. The van der Waals surface area contributed by atoms with Crippen molar-refractivity contribution in [2.75, 3.05) is 11.6 Å². The van der Waals surface area contributed by atoms with E-state index in [2.05, 4.69) is 35.8 Å². The third kappa shape index (κ3) is 2.92. The number of nitrogens with one attached hydrogen (secondary N) is 1. The molecule has 1 aromatic carbocycles. The molecule has 0 aliphatic heterocycles. The maximum absolute atomic E-state index is 9.89. The maximum Gasteiger partial charge on any atom is 0.0741 e. The highest BCUT2D eigenvalue weighted by atomic mass is 32.2. The second-order valence-electron chi connectivity index (χ2n) is 4.33. The van der Waals surface area contributed by atoms with E-state index in [1.807, 2.05) is 0 Å². The highest BCUT2D eigenvalue weighted by Crippen LogP contribution is 2.24. The van der Waals surface area contributed by atoms with E-state index in [-0.39, 0.29) is 12.1 Å². The quantitative estimate of drug-likeness (QED) is 0.792. The lowest BCUT2D eigenvalue weighted by molar-refractivity contribution is 0.116. The van der Waals surface area contributed by atoms with Gasteiger partial charge in [0.1, 0.15) is 0 Å². The second kappa shape index (κ2) is 5.60. The Hall–Kier alpha value is -0.670. The summed E-state index contributed by atoms with van der Waals surface area (Å²) in [7, 11) is 0. The van der Waals surface area contributed by atoms with Gasteiger partial charge in [0.2, 0.25) is 0 Å². The molecule has 0 heterocycles. The molecule has 0 saturated heterocycles. The Morgan fingerprint density at radius 2 is 2.12 bits per heavy atom. The zero-order valence-electron chi connectivity index (χ0n) is 9.65. The summed E-state index contributed by atoms with van der Waals surface area (Å²) < 4.78 is 0. The molecule has 0 spiro atoms. The van der Waals surface area contributed by atoms with Crippen LogP contribution in [0.1, 0.15) is 25.7 Å². The van der Waals surface area contributed by atoms with E-state index in [1.54, 1.807) is 11.8 Å². The molecule has 0 amide bonds. The summed E-state index contributed by atoms with van der Waals surface area (Å²) in [6, 6.07) is 8.61. The fraction of sp³-hybridized carbons (Fsp3) is 0.538. The third-order valence-electron chi connectivity index (χ3n) is 3.15. The molecular formula is C13H19NOS. The number of rotatable bonds is 3. The Kier molecular flexibility index (Phi) is 4.13. The molecule has 1 fully saturated rings. The Bertz CT molecular complexity index is 342. The standard InChI is InChI=1S/C13H19NOS/c1-16-11-6-4-5-10(9-11)14-12-7-2-3-8-13(12)15/h4-6,9,12-15H,2-3,7-8H2,1H3. The number of anilines is 1. The first-order valence-corrected chi connectivity index (χ1v) is 7.11. The van der Waals surface area contributed by atoms with Gasteiger partial charge in [0, 0.05) is 10.6 Å². The molecule has 88 valence electrons. The van der Waals surface area contributed by atoms with E-state index in [1.165, 1.54) is 11.3 Å². The summed E-state index contributed by atoms with van der Waals surface area (Å²) in [4.78, 5) is 1.26. The lowest BCUT2D eigenvalue weighted by Gasteiger charge is -2.29. The van der Waals surface area contributed by atoms with Gasteiger partial charge < -0.3 is 10.4 Å². The van der Waals surface area contributed by atoms with Gasteiger partial charge >= 0.3 is 0 Å². The molecule has 0 radical (unpaired) electrons. The van der Waals surface area contributed by atoms with Crippen LogP contribution in [-0.4, -0.2) is 23.5 Å². The Morgan fingerprint density at radius 1 is 1.31 bits per heavy atom. The molecule has 1 aliphatic rings. The predicted molar refractivity (Wildman–Crippen MR) is 70.1 cm³/mol. The summed E-state index contributed by atoms with van der Waals surface area (Å²) in [5.41, 5.74) is 1.12. The highest BCUT2D eigenvalue weighted by molar-refractivity contribution is 7.98. The van der Waals surface area contributed by atoms with Gasteiger partial charge in [-0.15, -0.1) is 11.8 Å². The maximum atomic E-state index is 9.89. The Labute approximate surface area is 101 Å². The van der Waals surface area contributed by atoms with Gasteiger partial charge in [-0.2, -0.15) is 0 Å². The van der Waals surface area contributed by atoms with Crippen LogP contribution in [0.5, 0.6) is 0 Å². The topological polar surface area (TPSA) is 32.3 Å². The van der Waals surface area contributed by atoms with Crippen LogP contribution in [0.4, 0.5) is 5.69 Å². The molecule has 2 rings (SSSR count). The van der Waals surface area contributed by atoms with Crippen molar-refractivity contribution >= 4 is 17.4 Å². The molecule has 1 saturated carbocycles. The van der Waals surface area contributed by atoms with Gasteiger partial charge in [-0.3, -0.25) is 0 Å². The van der Waals surface area contributed by atoms with Crippen LogP contribution in [0.15, 0.2) is 29.2 Å². The van der Waals surface area contributed by atoms with E-state index in [9.17, 15) is 5.11 Å². The fourth-order valence-electron chi connectivity index (χ4n) is 2.21. The van der Waals surface area contributed by atoms with Crippen LogP contribution in [0.2, 0.25) is 0 Å². The smallest absolute Gasteiger partial charge is 0.0741 e. The van der Waals surface area contributed by atoms with Crippen molar-refractivity contribution < 1.29 is 5.11 Å². The first kappa shape index (κ1) is 11.8. The molecule has 3 heteroatoms. The summed E-state index contributed by atoms with van der Waals surface area (Å²) in [5.74, 6) is 0. The van der Waals surface area contributed by atoms with Crippen LogP contribution in [0, 0.1) is 0 Å². The van der Waals surface area contributed by atoms with Crippen LogP contribution >= 0.6 is 11.8 Å². The van der Waals surface area contributed by atoms with Crippen molar-refractivity contribution in [1.29, 1.82) is 0 Å². The van der Waals surface area contributed by atoms with Crippen molar-refractivity contribution in [3.63, 3.8) is 0 Å². The van der Waals surface area contributed by atoms with E-state index in [0.29, 0.717) is 0 Å². The van der Waals surface area contributed by atoms with Gasteiger partial charge in [0.15, 0.2) is 0 Å².